The van der Waals surface area contributed by atoms with Gasteiger partial charge in [-0.25, -0.2) is 0 Å². The number of carbonyl (C=O) groups excluding carboxylic acids is 9. The third kappa shape index (κ3) is 14.6. The van der Waals surface area contributed by atoms with E-state index < -0.39 is 159 Å². The molecule has 344 valence electrons. The Morgan fingerprint density at radius 1 is 0.377 bits per heavy atom. The van der Waals surface area contributed by atoms with Crippen molar-refractivity contribution in [3.63, 3.8) is 0 Å². The van der Waals surface area contributed by atoms with Crippen LogP contribution in [-0.2, 0) is 114 Å². The van der Waals surface area contributed by atoms with Crippen LogP contribution >= 0.6 is 0 Å². The second-order valence-electron chi connectivity index (χ2n) is 13.9. The first-order chi connectivity index (χ1) is 28.5. The van der Waals surface area contributed by atoms with Crippen LogP contribution in [0.5, 0.6) is 0 Å². The fourth-order valence-corrected chi connectivity index (χ4v) is 6.75. The van der Waals surface area contributed by atoms with E-state index in [1.54, 1.807) is 0 Å². The lowest BCUT2D eigenvalue weighted by Crippen LogP contribution is -2.67. The summed E-state index contributed by atoms with van der Waals surface area (Å²) < 4.78 is 85.0. The van der Waals surface area contributed by atoms with Gasteiger partial charge in [0.25, 0.3) is 0 Å². The molecule has 0 aromatic heterocycles. The highest BCUT2D eigenvalue weighted by Crippen LogP contribution is 2.36. The summed E-state index contributed by atoms with van der Waals surface area (Å²) in [6.45, 7) is 9.67. The molecule has 0 bridgehead atoms. The quantitative estimate of drug-likeness (QED) is 0.136. The highest BCUT2D eigenvalue weighted by atomic mass is 16.8. The number of hydrogen-bond acceptors (Lipinski definition) is 24. The molecule has 0 aromatic carbocycles. The summed E-state index contributed by atoms with van der Waals surface area (Å²) in [7, 11) is 1.16. The normalized spacial score (nSPS) is 33.4. The maximum absolute atomic E-state index is 12.7. The molecule has 0 saturated carbocycles. The molecule has 3 rings (SSSR count). The number of carbonyl (C=O) groups is 9. The summed E-state index contributed by atoms with van der Waals surface area (Å²) in [5, 5.41) is 0. The molecule has 3 aliphatic heterocycles. The van der Waals surface area contributed by atoms with E-state index in [-0.39, 0.29) is 0 Å². The smallest absolute Gasteiger partial charge is 0.303 e. The van der Waals surface area contributed by atoms with Crippen molar-refractivity contribution in [3.05, 3.63) is 0 Å². The minimum Gasteiger partial charge on any atom is -0.463 e. The van der Waals surface area contributed by atoms with Gasteiger partial charge in [0.05, 0.1) is 12.7 Å². The predicted octanol–water partition coefficient (Wildman–Crippen LogP) is -0.754. The second-order valence-corrected chi connectivity index (χ2v) is 13.9. The van der Waals surface area contributed by atoms with Crippen LogP contribution in [0.3, 0.4) is 0 Å². The van der Waals surface area contributed by atoms with Crippen LogP contribution in [0.1, 0.15) is 69.2 Å². The molecule has 15 unspecified atom stereocenters. The molecule has 0 aliphatic carbocycles. The zero-order valence-corrected chi connectivity index (χ0v) is 35.4. The van der Waals surface area contributed by atoms with Gasteiger partial charge in [-0.15, -0.1) is 0 Å². The van der Waals surface area contributed by atoms with E-state index in [4.69, 9.17) is 71.1 Å². The molecule has 0 amide bonds. The molecule has 0 radical (unpaired) electrons. The van der Waals surface area contributed by atoms with Gasteiger partial charge in [-0.3, -0.25) is 43.2 Å². The van der Waals surface area contributed by atoms with Crippen LogP contribution in [0, 0.1) is 0 Å². The molecule has 0 N–H and O–H groups in total. The third-order valence-corrected chi connectivity index (χ3v) is 8.73. The molecule has 3 heterocycles. The standard InChI is InChI=1S/C37H52O24/c1-14-26(51-16(3)39)29(54-19(6)42)33(57-22(9)45)36(50-14)49-13-25-28(53-18(5)41)30(55-20(7)43)32(35(47-11)59-25)61-37-34(58-23(10)46)31(56-21(8)44)27(52-17(4)40)24(60-37)12-48-15(2)38/h14,24-37H,12-13H2,1-11H3. The Kier molecular flexibility index (Phi) is 18.8. The molecule has 0 spiro atoms. The Bertz CT molecular complexity index is 1610. The Morgan fingerprint density at radius 3 is 1.15 bits per heavy atom. The van der Waals surface area contributed by atoms with Crippen LogP contribution in [0.15, 0.2) is 0 Å². The summed E-state index contributed by atoms with van der Waals surface area (Å²) in [5.41, 5.74) is 0. The molecule has 24 heteroatoms. The summed E-state index contributed by atoms with van der Waals surface area (Å²) in [6, 6.07) is 0. The van der Waals surface area contributed by atoms with Gasteiger partial charge >= 0.3 is 53.7 Å². The SMILES string of the molecule is COC1OC(COC2OC(C)C(OC(C)=O)C(OC(C)=O)C2OC(C)=O)C(OC(C)=O)C(OC(C)=O)C1OC1OC(COC(C)=O)C(OC(C)=O)C(OC(C)=O)C1OC(C)=O. The van der Waals surface area contributed by atoms with Crippen molar-refractivity contribution in [2.75, 3.05) is 20.3 Å². The van der Waals surface area contributed by atoms with Gasteiger partial charge in [-0.05, 0) is 6.92 Å². The maximum atomic E-state index is 12.7. The lowest BCUT2D eigenvalue weighted by Gasteiger charge is -2.49. The van der Waals surface area contributed by atoms with Crippen molar-refractivity contribution < 1.29 is 114 Å². The maximum Gasteiger partial charge on any atom is 0.303 e. The van der Waals surface area contributed by atoms with E-state index in [2.05, 4.69) is 0 Å². The van der Waals surface area contributed by atoms with Crippen LogP contribution in [0.4, 0.5) is 0 Å². The van der Waals surface area contributed by atoms with E-state index in [1.165, 1.54) is 6.92 Å². The summed E-state index contributed by atoms with van der Waals surface area (Å²) in [4.78, 5) is 111. The molecule has 0 aromatic rings. The van der Waals surface area contributed by atoms with Crippen LogP contribution in [0.2, 0.25) is 0 Å². The van der Waals surface area contributed by atoms with Gasteiger partial charge < -0.3 is 71.1 Å². The minimum atomic E-state index is -1.85. The average Bonchev–Trinajstić information content (AvgIpc) is 3.12. The van der Waals surface area contributed by atoms with Crippen molar-refractivity contribution >= 4 is 53.7 Å². The number of methoxy groups -OCH3 is 1. The molecular formula is C37H52O24. The number of hydrogen-bond donors (Lipinski definition) is 0. The van der Waals surface area contributed by atoms with Gasteiger partial charge in [0.15, 0.2) is 73.8 Å². The topological polar surface area (TPSA) is 292 Å². The monoisotopic (exact) mass is 880 g/mol. The van der Waals surface area contributed by atoms with Crippen LogP contribution in [0.25, 0.3) is 0 Å². The van der Waals surface area contributed by atoms with Gasteiger partial charge in [-0.2, -0.15) is 0 Å². The highest BCUT2D eigenvalue weighted by Gasteiger charge is 2.58. The molecule has 15 atom stereocenters. The van der Waals surface area contributed by atoms with Gasteiger partial charge in [0.1, 0.15) is 18.8 Å². The number of esters is 9. The molecule has 3 aliphatic rings. The van der Waals surface area contributed by atoms with Crippen molar-refractivity contribution in [2.24, 2.45) is 0 Å². The number of rotatable bonds is 16. The molecule has 3 saturated heterocycles. The van der Waals surface area contributed by atoms with Crippen molar-refractivity contribution in [1.82, 2.24) is 0 Å². The van der Waals surface area contributed by atoms with E-state index in [9.17, 15) is 43.2 Å². The van der Waals surface area contributed by atoms with Gasteiger partial charge in [0.2, 0.25) is 0 Å². The molecule has 24 nitrogen and oxygen atoms in total. The van der Waals surface area contributed by atoms with E-state index >= 15 is 0 Å². The summed E-state index contributed by atoms with van der Waals surface area (Å²) >= 11 is 0. The molecular weight excluding hydrogens is 828 g/mol. The Hall–Kier alpha value is -5.01. The molecule has 3 fully saturated rings. The Balaban J connectivity index is 2.08. The lowest BCUT2D eigenvalue weighted by molar-refractivity contribution is -0.370. The first kappa shape index (κ1) is 50.3. The lowest BCUT2D eigenvalue weighted by atomic mass is 9.96. The van der Waals surface area contributed by atoms with Crippen LogP contribution in [-0.4, -0.2) is 166 Å². The largest absolute Gasteiger partial charge is 0.463 e. The van der Waals surface area contributed by atoms with Crippen molar-refractivity contribution in [1.29, 1.82) is 0 Å². The van der Waals surface area contributed by atoms with E-state index in [1.807, 2.05) is 0 Å². The van der Waals surface area contributed by atoms with Crippen LogP contribution < -0.4 is 0 Å². The predicted molar refractivity (Wildman–Crippen MR) is 191 cm³/mol. The van der Waals surface area contributed by atoms with Crippen molar-refractivity contribution in [3.8, 4) is 0 Å². The summed E-state index contributed by atoms with van der Waals surface area (Å²) in [5.74, 6) is -7.84. The zero-order chi connectivity index (χ0) is 45.9. The second kappa shape index (κ2) is 22.7. The minimum absolute atomic E-state index is 0.606. The van der Waals surface area contributed by atoms with E-state index in [0.29, 0.717) is 0 Å². The van der Waals surface area contributed by atoms with Gasteiger partial charge in [-0.1, -0.05) is 0 Å². The third-order valence-electron chi connectivity index (χ3n) is 8.73. The number of ether oxygens (including phenoxy) is 15. The summed E-state index contributed by atoms with van der Waals surface area (Å²) in [6.07, 6.45) is -23.1. The fourth-order valence-electron chi connectivity index (χ4n) is 6.75. The molecule has 61 heavy (non-hydrogen) atoms. The highest BCUT2D eigenvalue weighted by molar-refractivity contribution is 5.70. The van der Waals surface area contributed by atoms with E-state index in [0.717, 1.165) is 69.4 Å². The Labute approximate surface area is 349 Å². The fraction of sp³-hybridized carbons (Fsp3) is 0.757. The zero-order valence-electron chi connectivity index (χ0n) is 35.4. The Morgan fingerprint density at radius 2 is 0.721 bits per heavy atom. The first-order valence-corrected chi connectivity index (χ1v) is 18.8. The van der Waals surface area contributed by atoms with Gasteiger partial charge in [0, 0.05) is 69.4 Å². The first-order valence-electron chi connectivity index (χ1n) is 18.8. The average molecular weight is 881 g/mol. The van der Waals surface area contributed by atoms with Crippen molar-refractivity contribution in [2.45, 2.75) is 161 Å².